The zero-order valence-corrected chi connectivity index (χ0v) is 16.8. The zero-order valence-electron chi connectivity index (χ0n) is 16.0. The summed E-state index contributed by atoms with van der Waals surface area (Å²) in [4.78, 5) is 4.05. The number of nitrogens with two attached hydrogens (primary N) is 1. The summed E-state index contributed by atoms with van der Waals surface area (Å²) in [6.45, 7) is 0. The fourth-order valence-electron chi connectivity index (χ4n) is 3.09. The molecular weight excluding hydrogens is 414 g/mol. The highest BCUT2D eigenvalue weighted by Crippen LogP contribution is 2.36. The van der Waals surface area contributed by atoms with Crippen LogP contribution in [0.25, 0.3) is 22.0 Å². The summed E-state index contributed by atoms with van der Waals surface area (Å²) in [5.74, 6) is 0. The Morgan fingerprint density at radius 3 is 2.29 bits per heavy atom. The Balaban J connectivity index is 1.68. The minimum Gasteiger partial charge on any atom is -0.396 e. The molecule has 1 heterocycles. The lowest BCUT2D eigenvalue weighted by atomic mass is 10.1. The summed E-state index contributed by atoms with van der Waals surface area (Å²) in [5.41, 5.74) is 9.04. The van der Waals surface area contributed by atoms with Crippen LogP contribution in [-0.2, 0) is 10.1 Å². The van der Waals surface area contributed by atoms with Crippen molar-refractivity contribution in [3.8, 4) is 17.3 Å². The van der Waals surface area contributed by atoms with E-state index in [9.17, 15) is 13.0 Å². The van der Waals surface area contributed by atoms with Crippen LogP contribution in [0.15, 0.2) is 88.1 Å². The topological polar surface area (TPSA) is 142 Å². The Morgan fingerprint density at radius 1 is 0.968 bits per heavy atom. The number of fused-ring (bicyclic) bond motifs is 1. The van der Waals surface area contributed by atoms with Gasteiger partial charge in [0.2, 0.25) is 0 Å². The van der Waals surface area contributed by atoms with E-state index in [0.717, 1.165) is 5.56 Å². The van der Waals surface area contributed by atoms with Gasteiger partial charge in [-0.3, -0.25) is 9.54 Å². The number of hydrogen-bond donors (Lipinski definition) is 2. The van der Waals surface area contributed by atoms with Crippen LogP contribution < -0.4 is 5.73 Å². The van der Waals surface area contributed by atoms with E-state index in [1.165, 1.54) is 12.3 Å². The highest BCUT2D eigenvalue weighted by atomic mass is 32.2. The maximum Gasteiger partial charge on any atom is 0.295 e. The van der Waals surface area contributed by atoms with E-state index in [1.807, 2.05) is 0 Å². The van der Waals surface area contributed by atoms with E-state index in [4.69, 9.17) is 11.0 Å². The predicted molar refractivity (Wildman–Crippen MR) is 117 cm³/mol. The maximum atomic E-state index is 11.8. The third-order valence-electron chi connectivity index (χ3n) is 4.64. The van der Waals surface area contributed by atoms with Gasteiger partial charge in [0.05, 0.1) is 29.2 Å². The van der Waals surface area contributed by atoms with Gasteiger partial charge >= 0.3 is 0 Å². The number of nitriles is 1. The van der Waals surface area contributed by atoms with Gasteiger partial charge in [-0.15, -0.1) is 10.2 Å². The molecule has 0 aliphatic carbocycles. The van der Waals surface area contributed by atoms with Gasteiger partial charge in [-0.05, 0) is 30.3 Å². The predicted octanol–water partition coefficient (Wildman–Crippen LogP) is 5.02. The Morgan fingerprint density at radius 2 is 1.68 bits per heavy atom. The minimum absolute atomic E-state index is 0.113. The van der Waals surface area contributed by atoms with Crippen molar-refractivity contribution in [2.24, 2.45) is 10.2 Å². The molecule has 31 heavy (non-hydrogen) atoms. The molecule has 0 saturated heterocycles. The summed E-state index contributed by atoms with van der Waals surface area (Å²) in [5, 5.41) is 17.8. The van der Waals surface area contributed by atoms with Gasteiger partial charge in [-0.2, -0.15) is 13.7 Å². The van der Waals surface area contributed by atoms with Crippen LogP contribution in [0.3, 0.4) is 0 Å². The summed E-state index contributed by atoms with van der Waals surface area (Å²) < 4.78 is 33.2. The van der Waals surface area contributed by atoms with E-state index >= 15 is 0 Å². The quantitative estimate of drug-likeness (QED) is 0.265. The van der Waals surface area contributed by atoms with Crippen LogP contribution in [0.2, 0.25) is 0 Å². The SMILES string of the molecule is N#Cc1ccc(-c2ccc(N=Nc3cc(S(=O)(=O)O)c4ccccc4c3N)cn2)cc1. The summed E-state index contributed by atoms with van der Waals surface area (Å²) in [7, 11) is -4.48. The molecule has 0 bridgehead atoms. The van der Waals surface area contributed by atoms with Crippen molar-refractivity contribution in [2.75, 3.05) is 5.73 Å². The van der Waals surface area contributed by atoms with Gasteiger partial charge < -0.3 is 5.73 Å². The Kier molecular flexibility index (Phi) is 5.17. The molecule has 0 saturated carbocycles. The molecule has 1 aromatic heterocycles. The molecule has 0 aliphatic heterocycles. The molecule has 0 spiro atoms. The third-order valence-corrected chi connectivity index (χ3v) is 5.53. The number of hydrogen-bond acceptors (Lipinski definition) is 7. The van der Waals surface area contributed by atoms with Crippen LogP contribution in [0.5, 0.6) is 0 Å². The van der Waals surface area contributed by atoms with Crippen LogP contribution >= 0.6 is 0 Å². The lowest BCUT2D eigenvalue weighted by molar-refractivity contribution is 0.484. The molecule has 3 aromatic carbocycles. The molecule has 0 aliphatic rings. The van der Waals surface area contributed by atoms with Gasteiger partial charge in [-0.25, -0.2) is 0 Å². The third kappa shape index (κ3) is 4.11. The van der Waals surface area contributed by atoms with Gasteiger partial charge in [0.25, 0.3) is 10.1 Å². The molecule has 0 atom stereocenters. The number of azo groups is 1. The molecule has 8 nitrogen and oxygen atoms in total. The van der Waals surface area contributed by atoms with Crippen molar-refractivity contribution < 1.29 is 13.0 Å². The van der Waals surface area contributed by atoms with Gasteiger partial charge in [0.15, 0.2) is 0 Å². The lowest BCUT2D eigenvalue weighted by Crippen LogP contribution is -2.01. The van der Waals surface area contributed by atoms with Crippen molar-refractivity contribution in [2.45, 2.75) is 4.90 Å². The van der Waals surface area contributed by atoms with E-state index < -0.39 is 10.1 Å². The van der Waals surface area contributed by atoms with Crippen molar-refractivity contribution in [3.05, 3.63) is 78.5 Å². The molecule has 152 valence electrons. The Hall–Kier alpha value is -4.13. The van der Waals surface area contributed by atoms with Gasteiger partial charge in [-0.1, -0.05) is 36.4 Å². The molecule has 0 radical (unpaired) electrons. The molecule has 0 fully saturated rings. The minimum atomic E-state index is -4.48. The van der Waals surface area contributed by atoms with Crippen molar-refractivity contribution >= 4 is 38.0 Å². The summed E-state index contributed by atoms with van der Waals surface area (Å²) >= 11 is 0. The highest BCUT2D eigenvalue weighted by Gasteiger charge is 2.18. The molecule has 4 aromatic rings. The van der Waals surface area contributed by atoms with Gasteiger partial charge in [0, 0.05) is 16.3 Å². The smallest absolute Gasteiger partial charge is 0.295 e. The number of nitrogen functional groups attached to an aromatic ring is 1. The molecular formula is C22H15N5O3S. The second kappa shape index (κ2) is 7.95. The Bertz CT molecular complexity index is 1460. The lowest BCUT2D eigenvalue weighted by Gasteiger charge is -2.09. The van der Waals surface area contributed by atoms with E-state index in [2.05, 4.69) is 21.3 Å². The van der Waals surface area contributed by atoms with E-state index in [-0.39, 0.29) is 16.3 Å². The largest absolute Gasteiger partial charge is 0.396 e. The van der Waals surface area contributed by atoms with Crippen LogP contribution in [-0.4, -0.2) is 18.0 Å². The molecule has 0 amide bonds. The van der Waals surface area contributed by atoms with Crippen molar-refractivity contribution in [1.82, 2.24) is 4.98 Å². The number of rotatable bonds is 4. The van der Waals surface area contributed by atoms with E-state index in [1.54, 1.807) is 60.7 Å². The maximum absolute atomic E-state index is 11.8. The number of nitrogens with zero attached hydrogens (tertiary/aromatic N) is 4. The first-order chi connectivity index (χ1) is 14.9. The van der Waals surface area contributed by atoms with Crippen molar-refractivity contribution in [1.29, 1.82) is 5.26 Å². The van der Waals surface area contributed by atoms with Crippen LogP contribution in [0, 0.1) is 11.3 Å². The molecule has 0 unspecified atom stereocenters. The second-order valence-corrected chi connectivity index (χ2v) is 8.01. The monoisotopic (exact) mass is 429 g/mol. The van der Waals surface area contributed by atoms with E-state index in [0.29, 0.717) is 27.7 Å². The number of benzene rings is 3. The second-order valence-electron chi connectivity index (χ2n) is 6.62. The molecule has 3 N–H and O–H groups in total. The fraction of sp³-hybridized carbons (Fsp3) is 0. The van der Waals surface area contributed by atoms with Crippen molar-refractivity contribution in [3.63, 3.8) is 0 Å². The first-order valence-corrected chi connectivity index (χ1v) is 10.5. The Labute approximate surface area is 178 Å². The number of pyridine rings is 1. The standard InChI is InChI=1S/C22H15N5O3S/c23-12-14-5-7-15(8-6-14)19-10-9-16(13-25-19)26-27-20-11-21(31(28,29)30)17-3-1-2-4-18(17)22(20)24/h1-11,13H,24H2,(H,28,29,30). The molecule has 4 rings (SSSR count). The molecule has 9 heteroatoms. The average molecular weight is 429 g/mol. The number of anilines is 1. The highest BCUT2D eigenvalue weighted by molar-refractivity contribution is 7.86. The summed E-state index contributed by atoms with van der Waals surface area (Å²) in [6, 6.07) is 20.3. The normalized spacial score (nSPS) is 11.6. The summed E-state index contributed by atoms with van der Waals surface area (Å²) in [6.07, 6.45) is 1.51. The number of aromatic nitrogens is 1. The van der Waals surface area contributed by atoms with Crippen LogP contribution in [0.1, 0.15) is 5.56 Å². The average Bonchev–Trinajstić information content (AvgIpc) is 2.78. The van der Waals surface area contributed by atoms with Crippen LogP contribution in [0.4, 0.5) is 17.1 Å². The first-order valence-electron chi connectivity index (χ1n) is 9.04. The first kappa shape index (κ1) is 20.2. The van der Waals surface area contributed by atoms with Gasteiger partial charge in [0.1, 0.15) is 16.3 Å². The zero-order chi connectivity index (χ0) is 22.0. The fourth-order valence-corrected chi connectivity index (χ4v) is 3.81.